The molecule has 21 heavy (non-hydrogen) atoms. The molecule has 108 valence electrons. The number of nitrogens with one attached hydrogen (secondary N) is 2. The van der Waals surface area contributed by atoms with Gasteiger partial charge in [0.1, 0.15) is 16.8 Å². The van der Waals surface area contributed by atoms with Crippen molar-refractivity contribution in [3.8, 4) is 6.07 Å². The van der Waals surface area contributed by atoms with Gasteiger partial charge in [-0.1, -0.05) is 12.1 Å². The van der Waals surface area contributed by atoms with Crippen molar-refractivity contribution in [1.29, 1.82) is 5.26 Å². The van der Waals surface area contributed by atoms with Gasteiger partial charge in [-0.3, -0.25) is 4.72 Å². The highest BCUT2D eigenvalue weighted by atomic mass is 32.2. The van der Waals surface area contributed by atoms with Crippen LogP contribution in [0.15, 0.2) is 47.4 Å². The van der Waals surface area contributed by atoms with Crippen molar-refractivity contribution < 1.29 is 12.8 Å². The van der Waals surface area contributed by atoms with E-state index in [9.17, 15) is 12.8 Å². The SMILES string of the molecule is CNc1ccccc1S(=O)(=O)Nc1ccc(F)cc1C#N. The first kappa shape index (κ1) is 14.8. The molecule has 7 heteroatoms. The van der Waals surface area contributed by atoms with Crippen molar-refractivity contribution in [1.82, 2.24) is 0 Å². The zero-order valence-corrected chi connectivity index (χ0v) is 11.9. The molecule has 0 aliphatic carbocycles. The van der Waals surface area contributed by atoms with Crippen LogP contribution in [0.4, 0.5) is 15.8 Å². The zero-order valence-electron chi connectivity index (χ0n) is 11.1. The smallest absolute Gasteiger partial charge is 0.263 e. The summed E-state index contributed by atoms with van der Waals surface area (Å²) in [5.74, 6) is -0.606. The molecule has 0 unspecified atom stereocenters. The molecule has 0 amide bonds. The Bertz CT molecular complexity index is 813. The third-order valence-electron chi connectivity index (χ3n) is 2.79. The molecule has 0 radical (unpaired) electrons. The molecule has 2 rings (SSSR count). The Morgan fingerprint density at radius 3 is 2.52 bits per heavy atom. The molecule has 2 aromatic carbocycles. The number of sulfonamides is 1. The Balaban J connectivity index is 2.46. The third kappa shape index (κ3) is 3.12. The molecule has 0 atom stereocenters. The zero-order chi connectivity index (χ0) is 15.5. The number of para-hydroxylation sites is 1. The number of halogens is 1. The van der Waals surface area contributed by atoms with Gasteiger partial charge >= 0.3 is 0 Å². The Hall–Kier alpha value is -2.59. The van der Waals surface area contributed by atoms with Crippen LogP contribution in [-0.2, 0) is 10.0 Å². The van der Waals surface area contributed by atoms with E-state index >= 15 is 0 Å². The van der Waals surface area contributed by atoms with Crippen LogP contribution in [0, 0.1) is 17.1 Å². The molecular weight excluding hydrogens is 293 g/mol. The lowest BCUT2D eigenvalue weighted by atomic mass is 10.2. The van der Waals surface area contributed by atoms with Crippen molar-refractivity contribution in [2.24, 2.45) is 0 Å². The van der Waals surface area contributed by atoms with Gasteiger partial charge in [0.05, 0.1) is 16.9 Å². The standard InChI is InChI=1S/C14H12FN3O2S/c1-17-13-4-2-3-5-14(13)21(19,20)18-12-7-6-11(15)8-10(12)9-16/h2-8,17-18H,1H3. The van der Waals surface area contributed by atoms with Crippen molar-refractivity contribution >= 4 is 21.4 Å². The average Bonchev–Trinajstić information content (AvgIpc) is 2.48. The van der Waals surface area contributed by atoms with E-state index in [4.69, 9.17) is 5.26 Å². The monoisotopic (exact) mass is 305 g/mol. The highest BCUT2D eigenvalue weighted by molar-refractivity contribution is 7.92. The molecule has 0 aliphatic heterocycles. The fourth-order valence-corrected chi connectivity index (χ4v) is 3.10. The van der Waals surface area contributed by atoms with Gasteiger partial charge in [0.2, 0.25) is 0 Å². The van der Waals surface area contributed by atoms with Crippen molar-refractivity contribution in [3.63, 3.8) is 0 Å². The van der Waals surface area contributed by atoms with Gasteiger partial charge in [-0.15, -0.1) is 0 Å². The number of nitrogens with zero attached hydrogens (tertiary/aromatic N) is 1. The average molecular weight is 305 g/mol. The molecular formula is C14H12FN3O2S. The first-order chi connectivity index (χ1) is 9.97. The minimum atomic E-state index is -3.89. The van der Waals surface area contributed by atoms with Crippen molar-refractivity contribution in [2.45, 2.75) is 4.90 Å². The summed E-state index contributed by atoms with van der Waals surface area (Å²) in [4.78, 5) is 0.0423. The van der Waals surface area contributed by atoms with Gasteiger partial charge in [-0.2, -0.15) is 5.26 Å². The fourth-order valence-electron chi connectivity index (χ4n) is 1.81. The van der Waals surface area contributed by atoms with Gasteiger partial charge in [0.25, 0.3) is 10.0 Å². The quantitative estimate of drug-likeness (QED) is 0.909. The molecule has 0 heterocycles. The van der Waals surface area contributed by atoms with E-state index in [1.807, 2.05) is 0 Å². The summed E-state index contributed by atoms with van der Waals surface area (Å²) in [6, 6.07) is 11.4. The molecule has 5 nitrogen and oxygen atoms in total. The van der Waals surface area contributed by atoms with Gasteiger partial charge in [-0.25, -0.2) is 12.8 Å². The highest BCUT2D eigenvalue weighted by Gasteiger charge is 2.19. The summed E-state index contributed by atoms with van der Waals surface area (Å²) in [7, 11) is -2.28. The Morgan fingerprint density at radius 1 is 1.14 bits per heavy atom. The van der Waals surface area contributed by atoms with Crippen LogP contribution in [0.25, 0.3) is 0 Å². The molecule has 0 fully saturated rings. The van der Waals surface area contributed by atoms with Crippen LogP contribution in [-0.4, -0.2) is 15.5 Å². The summed E-state index contributed by atoms with van der Waals surface area (Å²) >= 11 is 0. The van der Waals surface area contributed by atoms with E-state index in [2.05, 4.69) is 10.0 Å². The van der Waals surface area contributed by atoms with Crippen LogP contribution in [0.3, 0.4) is 0 Å². The normalized spacial score (nSPS) is 10.7. The first-order valence-electron chi connectivity index (χ1n) is 5.97. The summed E-state index contributed by atoms with van der Waals surface area (Å²) in [6.07, 6.45) is 0. The van der Waals surface area contributed by atoms with Crippen LogP contribution in [0.1, 0.15) is 5.56 Å². The third-order valence-corrected chi connectivity index (χ3v) is 4.22. The molecule has 0 saturated carbocycles. The number of nitriles is 1. The van der Waals surface area contributed by atoms with Crippen LogP contribution in [0.5, 0.6) is 0 Å². The van der Waals surface area contributed by atoms with E-state index in [0.717, 1.165) is 12.1 Å². The Kier molecular flexibility index (Phi) is 4.10. The highest BCUT2D eigenvalue weighted by Crippen LogP contribution is 2.25. The van der Waals surface area contributed by atoms with Gasteiger partial charge in [-0.05, 0) is 30.3 Å². The van der Waals surface area contributed by atoms with E-state index in [-0.39, 0.29) is 16.1 Å². The Labute approximate surface area is 122 Å². The predicted molar refractivity (Wildman–Crippen MR) is 77.9 cm³/mol. The second-order valence-electron chi connectivity index (χ2n) is 4.15. The second kappa shape index (κ2) is 5.81. The molecule has 0 bridgehead atoms. The summed E-state index contributed by atoms with van der Waals surface area (Å²) < 4.78 is 40.1. The van der Waals surface area contributed by atoms with Gasteiger partial charge in [0.15, 0.2) is 0 Å². The van der Waals surface area contributed by atoms with E-state index in [0.29, 0.717) is 5.69 Å². The van der Waals surface area contributed by atoms with E-state index < -0.39 is 15.8 Å². The number of benzene rings is 2. The topological polar surface area (TPSA) is 82.0 Å². The molecule has 0 aromatic heterocycles. The molecule has 0 aliphatic rings. The minimum absolute atomic E-state index is 0.0322. The number of hydrogen-bond donors (Lipinski definition) is 2. The summed E-state index contributed by atoms with van der Waals surface area (Å²) in [5.41, 5.74) is 0.371. The molecule has 2 aromatic rings. The van der Waals surface area contributed by atoms with Crippen LogP contribution >= 0.6 is 0 Å². The molecule has 0 spiro atoms. The lowest BCUT2D eigenvalue weighted by molar-refractivity contribution is 0.601. The van der Waals surface area contributed by atoms with E-state index in [1.54, 1.807) is 31.3 Å². The van der Waals surface area contributed by atoms with E-state index in [1.165, 1.54) is 12.1 Å². The lowest BCUT2D eigenvalue weighted by Crippen LogP contribution is -2.15. The number of anilines is 2. The summed E-state index contributed by atoms with van der Waals surface area (Å²) in [6.45, 7) is 0. The van der Waals surface area contributed by atoms with Crippen molar-refractivity contribution in [3.05, 3.63) is 53.8 Å². The number of hydrogen-bond acceptors (Lipinski definition) is 4. The maximum absolute atomic E-state index is 13.1. The second-order valence-corrected chi connectivity index (χ2v) is 5.80. The summed E-state index contributed by atoms with van der Waals surface area (Å²) in [5, 5.41) is 11.7. The Morgan fingerprint density at radius 2 is 1.86 bits per heavy atom. The van der Waals surface area contributed by atoms with Gasteiger partial charge in [0, 0.05) is 7.05 Å². The minimum Gasteiger partial charge on any atom is -0.387 e. The molecule has 2 N–H and O–H groups in total. The van der Waals surface area contributed by atoms with Crippen LogP contribution in [0.2, 0.25) is 0 Å². The number of rotatable bonds is 4. The first-order valence-corrected chi connectivity index (χ1v) is 7.45. The lowest BCUT2D eigenvalue weighted by Gasteiger charge is -2.12. The molecule has 0 saturated heterocycles. The fraction of sp³-hybridized carbons (Fsp3) is 0.0714. The largest absolute Gasteiger partial charge is 0.387 e. The van der Waals surface area contributed by atoms with Gasteiger partial charge < -0.3 is 5.32 Å². The van der Waals surface area contributed by atoms with Crippen LogP contribution < -0.4 is 10.0 Å². The predicted octanol–water partition coefficient (Wildman–Crippen LogP) is 2.54. The maximum atomic E-state index is 13.1. The van der Waals surface area contributed by atoms with Crippen molar-refractivity contribution in [2.75, 3.05) is 17.1 Å². The maximum Gasteiger partial charge on any atom is 0.263 e.